The summed E-state index contributed by atoms with van der Waals surface area (Å²) in [6.45, 7) is 1.98. The summed E-state index contributed by atoms with van der Waals surface area (Å²) in [6.07, 6.45) is 10.3. The van der Waals surface area contributed by atoms with Gasteiger partial charge in [0.1, 0.15) is 0 Å². The second-order valence-corrected chi connectivity index (χ2v) is 8.89. The number of pyridine rings is 1. The maximum atomic E-state index is 6.24. The zero-order valence-electron chi connectivity index (χ0n) is 14.3. The van der Waals surface area contributed by atoms with Gasteiger partial charge in [0.25, 0.3) is 0 Å². The summed E-state index contributed by atoms with van der Waals surface area (Å²) in [5, 5.41) is 5.04. The number of fused-ring (bicyclic) bond motifs is 1. The lowest BCUT2D eigenvalue weighted by molar-refractivity contribution is -0.0989. The molecule has 0 radical (unpaired) electrons. The van der Waals surface area contributed by atoms with Crippen LogP contribution < -0.4 is 11.1 Å². The van der Waals surface area contributed by atoms with Gasteiger partial charge in [-0.3, -0.25) is 4.98 Å². The Hall–Kier alpha value is -1.61. The van der Waals surface area contributed by atoms with Gasteiger partial charge in [-0.05, 0) is 79.9 Å². The van der Waals surface area contributed by atoms with Crippen LogP contribution in [0.1, 0.15) is 38.5 Å². The average Bonchev–Trinajstić information content (AvgIpc) is 2.59. The summed E-state index contributed by atoms with van der Waals surface area (Å²) in [4.78, 5) is 4.48. The van der Waals surface area contributed by atoms with Crippen molar-refractivity contribution < 1.29 is 0 Å². The molecule has 2 unspecified atom stereocenters. The Labute approximate surface area is 144 Å². The normalized spacial score (nSPS) is 37.0. The quantitative estimate of drug-likeness (QED) is 0.887. The van der Waals surface area contributed by atoms with Crippen molar-refractivity contribution in [3.63, 3.8) is 0 Å². The van der Waals surface area contributed by atoms with Gasteiger partial charge in [0.2, 0.25) is 0 Å². The third-order valence-corrected chi connectivity index (χ3v) is 7.04. The van der Waals surface area contributed by atoms with Crippen LogP contribution in [0.25, 0.3) is 10.9 Å². The van der Waals surface area contributed by atoms with Gasteiger partial charge in [0.15, 0.2) is 0 Å². The summed E-state index contributed by atoms with van der Waals surface area (Å²) in [5.74, 6) is 1.84. The molecule has 1 aromatic carbocycles. The van der Waals surface area contributed by atoms with E-state index in [1.807, 2.05) is 6.20 Å². The molecule has 4 bridgehead atoms. The van der Waals surface area contributed by atoms with Crippen molar-refractivity contribution in [2.75, 3.05) is 18.4 Å². The lowest BCUT2D eigenvalue weighted by Crippen LogP contribution is -2.56. The number of hydrogen-bond acceptors (Lipinski definition) is 3. The van der Waals surface area contributed by atoms with Gasteiger partial charge in [0, 0.05) is 23.8 Å². The third kappa shape index (κ3) is 2.25. The van der Waals surface area contributed by atoms with E-state index in [9.17, 15) is 0 Å². The molecule has 3 nitrogen and oxygen atoms in total. The lowest BCUT2D eigenvalue weighted by Gasteiger charge is -2.62. The number of nitrogens with two attached hydrogens (primary N) is 1. The van der Waals surface area contributed by atoms with E-state index in [0.717, 1.165) is 30.4 Å². The molecule has 24 heavy (non-hydrogen) atoms. The SMILES string of the molecule is NCC12CC3CC(C1)CC(CNc1ccnc4ccccc14)(C3)C2. The molecular formula is C21H27N3. The number of nitrogens with one attached hydrogen (secondary N) is 1. The van der Waals surface area contributed by atoms with Gasteiger partial charge in [-0.15, -0.1) is 0 Å². The Bertz CT molecular complexity index is 749. The molecule has 0 saturated heterocycles. The molecule has 1 heterocycles. The number of benzene rings is 1. The Morgan fingerprint density at radius 2 is 1.79 bits per heavy atom. The van der Waals surface area contributed by atoms with Crippen LogP contribution in [0, 0.1) is 22.7 Å². The number of nitrogens with zero attached hydrogens (tertiary/aromatic N) is 1. The van der Waals surface area contributed by atoms with E-state index in [-0.39, 0.29) is 0 Å². The molecule has 3 N–H and O–H groups in total. The highest BCUT2D eigenvalue weighted by Crippen LogP contribution is 2.64. The predicted molar refractivity (Wildman–Crippen MR) is 98.8 cm³/mol. The van der Waals surface area contributed by atoms with Crippen LogP contribution in [-0.4, -0.2) is 18.1 Å². The van der Waals surface area contributed by atoms with E-state index >= 15 is 0 Å². The van der Waals surface area contributed by atoms with Gasteiger partial charge in [-0.2, -0.15) is 0 Å². The van der Waals surface area contributed by atoms with E-state index in [2.05, 4.69) is 40.6 Å². The van der Waals surface area contributed by atoms with Crippen molar-refractivity contribution in [3.05, 3.63) is 36.5 Å². The van der Waals surface area contributed by atoms with Gasteiger partial charge in [-0.1, -0.05) is 18.2 Å². The number of rotatable bonds is 4. The topological polar surface area (TPSA) is 50.9 Å². The highest BCUT2D eigenvalue weighted by molar-refractivity contribution is 5.90. The second-order valence-electron chi connectivity index (χ2n) is 8.89. The number of hydrogen-bond donors (Lipinski definition) is 2. The molecule has 0 aliphatic heterocycles. The predicted octanol–water partition coefficient (Wildman–Crippen LogP) is 4.19. The molecule has 6 rings (SSSR count). The molecular weight excluding hydrogens is 294 g/mol. The minimum absolute atomic E-state index is 0.450. The fourth-order valence-corrected chi connectivity index (χ4v) is 6.63. The maximum Gasteiger partial charge on any atom is 0.0722 e. The Morgan fingerprint density at radius 3 is 2.58 bits per heavy atom. The molecule has 0 amide bonds. The number of aromatic nitrogens is 1. The zero-order chi connectivity index (χ0) is 16.2. The maximum absolute atomic E-state index is 6.24. The fourth-order valence-electron chi connectivity index (χ4n) is 6.63. The first-order valence-corrected chi connectivity index (χ1v) is 9.47. The molecule has 4 saturated carbocycles. The van der Waals surface area contributed by atoms with Crippen LogP contribution in [0.2, 0.25) is 0 Å². The minimum Gasteiger partial charge on any atom is -0.384 e. The van der Waals surface area contributed by atoms with Gasteiger partial charge < -0.3 is 11.1 Å². The lowest BCUT2D eigenvalue weighted by atomic mass is 9.44. The Morgan fingerprint density at radius 1 is 1.04 bits per heavy atom. The molecule has 4 fully saturated rings. The van der Waals surface area contributed by atoms with E-state index < -0.39 is 0 Å². The molecule has 4 aliphatic rings. The van der Waals surface area contributed by atoms with Gasteiger partial charge in [-0.25, -0.2) is 0 Å². The molecule has 2 atom stereocenters. The highest BCUT2D eigenvalue weighted by atomic mass is 14.9. The van der Waals surface area contributed by atoms with E-state index in [1.165, 1.54) is 49.6 Å². The first-order chi connectivity index (χ1) is 11.7. The smallest absolute Gasteiger partial charge is 0.0722 e. The molecule has 4 aliphatic carbocycles. The van der Waals surface area contributed by atoms with Crippen molar-refractivity contribution in [2.24, 2.45) is 28.4 Å². The molecule has 3 heteroatoms. The third-order valence-electron chi connectivity index (χ3n) is 7.04. The molecule has 2 aromatic rings. The number of anilines is 1. The first kappa shape index (κ1) is 14.7. The van der Waals surface area contributed by atoms with Crippen LogP contribution >= 0.6 is 0 Å². The van der Waals surface area contributed by atoms with Crippen molar-refractivity contribution in [2.45, 2.75) is 38.5 Å². The summed E-state index contributed by atoms with van der Waals surface area (Å²) in [5.41, 5.74) is 9.47. The van der Waals surface area contributed by atoms with Crippen molar-refractivity contribution >= 4 is 16.6 Å². The van der Waals surface area contributed by atoms with Crippen LogP contribution in [0.3, 0.4) is 0 Å². The van der Waals surface area contributed by atoms with Crippen LogP contribution in [0.5, 0.6) is 0 Å². The van der Waals surface area contributed by atoms with Crippen LogP contribution in [0.4, 0.5) is 5.69 Å². The summed E-state index contributed by atoms with van der Waals surface area (Å²) in [6, 6.07) is 10.6. The second kappa shape index (κ2) is 5.19. The Balaban J connectivity index is 1.42. The van der Waals surface area contributed by atoms with Crippen LogP contribution in [-0.2, 0) is 0 Å². The summed E-state index contributed by atoms with van der Waals surface area (Å²) in [7, 11) is 0. The molecule has 1 aromatic heterocycles. The standard InChI is InChI=1S/C21H27N3/c22-13-20-8-15-7-16(9-20)11-21(10-15,12-20)14-24-19-5-6-23-18-4-2-1-3-17(18)19/h1-6,15-16H,7-14,22H2,(H,23,24). The summed E-state index contributed by atoms with van der Waals surface area (Å²) < 4.78 is 0. The highest BCUT2D eigenvalue weighted by Gasteiger charge is 2.56. The van der Waals surface area contributed by atoms with Gasteiger partial charge in [0.05, 0.1) is 5.52 Å². The molecule has 0 spiro atoms. The zero-order valence-corrected chi connectivity index (χ0v) is 14.3. The van der Waals surface area contributed by atoms with Crippen molar-refractivity contribution in [1.82, 2.24) is 4.98 Å². The Kier molecular flexibility index (Phi) is 3.18. The largest absolute Gasteiger partial charge is 0.384 e. The minimum atomic E-state index is 0.450. The van der Waals surface area contributed by atoms with Crippen molar-refractivity contribution in [1.29, 1.82) is 0 Å². The van der Waals surface area contributed by atoms with Gasteiger partial charge >= 0.3 is 0 Å². The summed E-state index contributed by atoms with van der Waals surface area (Å²) >= 11 is 0. The van der Waals surface area contributed by atoms with E-state index in [0.29, 0.717) is 10.8 Å². The van der Waals surface area contributed by atoms with E-state index in [1.54, 1.807) is 0 Å². The monoisotopic (exact) mass is 321 g/mol. The average molecular weight is 321 g/mol. The number of para-hydroxylation sites is 1. The fraction of sp³-hybridized carbons (Fsp3) is 0.571. The van der Waals surface area contributed by atoms with E-state index in [4.69, 9.17) is 5.73 Å². The van der Waals surface area contributed by atoms with Crippen LogP contribution in [0.15, 0.2) is 36.5 Å². The molecule has 126 valence electrons. The van der Waals surface area contributed by atoms with Crippen molar-refractivity contribution in [3.8, 4) is 0 Å². The first-order valence-electron chi connectivity index (χ1n) is 9.47.